The molecule has 1 heterocycles. The number of likely N-dealkylation sites (N-methyl/N-ethyl adjacent to an activating group) is 1. The molecule has 0 aliphatic carbocycles. The number of aromatic nitrogens is 1. The van der Waals surface area contributed by atoms with Crippen LogP contribution < -0.4 is 5.73 Å². The zero-order valence-electron chi connectivity index (χ0n) is 10.3. The Kier molecular flexibility index (Phi) is 4.55. The first-order valence-corrected chi connectivity index (χ1v) is 5.66. The highest BCUT2D eigenvalue weighted by molar-refractivity contribution is 5.75. The van der Waals surface area contributed by atoms with Crippen molar-refractivity contribution in [2.24, 2.45) is 5.73 Å². The second-order valence-electron chi connectivity index (χ2n) is 4.30. The highest BCUT2D eigenvalue weighted by Crippen LogP contribution is 2.15. The fourth-order valence-electron chi connectivity index (χ4n) is 1.55. The average molecular weight is 223 g/mol. The lowest BCUT2D eigenvalue weighted by molar-refractivity contribution is -0.129. The molecule has 90 valence electrons. The number of amides is 1. The van der Waals surface area contributed by atoms with Crippen molar-refractivity contribution >= 4 is 5.91 Å². The molecule has 1 unspecified atom stereocenters. The molecule has 1 atom stereocenters. The highest BCUT2D eigenvalue weighted by Gasteiger charge is 2.09. The third kappa shape index (κ3) is 3.38. The Balaban J connectivity index is 2.61. The van der Waals surface area contributed by atoms with Gasteiger partial charge in [0.15, 0.2) is 0 Å². The molecule has 0 aromatic carbocycles. The van der Waals surface area contributed by atoms with Crippen LogP contribution in [-0.2, 0) is 11.3 Å². The van der Waals surface area contributed by atoms with E-state index < -0.39 is 0 Å². The van der Waals surface area contributed by atoms with E-state index in [0.717, 1.165) is 18.4 Å². The smallest absolute Gasteiger partial charge is 0.241 e. The van der Waals surface area contributed by atoms with Crippen LogP contribution in [0.3, 0.4) is 0 Å². The van der Waals surface area contributed by atoms with Gasteiger partial charge in [0.05, 0.1) is 0 Å². The van der Waals surface area contributed by atoms with E-state index in [4.69, 9.17) is 5.73 Å². The molecular weight excluding hydrogens is 202 g/mol. The van der Waals surface area contributed by atoms with Crippen LogP contribution in [0.5, 0.6) is 0 Å². The summed E-state index contributed by atoms with van der Waals surface area (Å²) in [7, 11) is 3.52. The maximum Gasteiger partial charge on any atom is 0.241 e. The van der Waals surface area contributed by atoms with E-state index >= 15 is 0 Å². The Labute approximate surface area is 97.0 Å². The topological polar surface area (TPSA) is 51.3 Å². The van der Waals surface area contributed by atoms with Gasteiger partial charge in [-0.05, 0) is 18.1 Å². The van der Waals surface area contributed by atoms with E-state index in [9.17, 15) is 4.79 Å². The number of rotatable bonds is 5. The largest absolute Gasteiger partial charge is 0.347 e. The van der Waals surface area contributed by atoms with E-state index in [-0.39, 0.29) is 11.9 Å². The third-order valence-corrected chi connectivity index (χ3v) is 2.62. The van der Waals surface area contributed by atoms with Crippen molar-refractivity contribution in [3.05, 3.63) is 24.0 Å². The first-order chi connectivity index (χ1) is 7.54. The molecule has 1 aromatic heterocycles. The van der Waals surface area contributed by atoms with Gasteiger partial charge in [0.1, 0.15) is 6.54 Å². The van der Waals surface area contributed by atoms with Crippen LogP contribution in [0.25, 0.3) is 0 Å². The first-order valence-electron chi connectivity index (χ1n) is 5.66. The summed E-state index contributed by atoms with van der Waals surface area (Å²) in [5, 5.41) is 0. The van der Waals surface area contributed by atoms with Crippen LogP contribution >= 0.6 is 0 Å². The van der Waals surface area contributed by atoms with E-state index in [1.165, 1.54) is 0 Å². The minimum Gasteiger partial charge on any atom is -0.347 e. The molecule has 1 rings (SSSR count). The average Bonchev–Trinajstić information content (AvgIpc) is 2.66. The fraction of sp³-hybridized carbons (Fsp3) is 0.583. The molecule has 0 aliphatic heterocycles. The first kappa shape index (κ1) is 12.8. The van der Waals surface area contributed by atoms with Crippen molar-refractivity contribution < 1.29 is 4.79 Å². The zero-order chi connectivity index (χ0) is 12.1. The maximum atomic E-state index is 11.5. The van der Waals surface area contributed by atoms with Gasteiger partial charge in [-0.2, -0.15) is 0 Å². The summed E-state index contributed by atoms with van der Waals surface area (Å²) >= 11 is 0. The summed E-state index contributed by atoms with van der Waals surface area (Å²) in [6, 6.07) is 2.07. The van der Waals surface area contributed by atoms with E-state index in [1.54, 1.807) is 19.0 Å². The van der Waals surface area contributed by atoms with E-state index in [1.807, 2.05) is 23.0 Å². The van der Waals surface area contributed by atoms with Crippen LogP contribution in [0.4, 0.5) is 0 Å². The monoisotopic (exact) mass is 223 g/mol. The number of nitrogens with zero attached hydrogens (tertiary/aromatic N) is 2. The molecule has 4 heteroatoms. The van der Waals surface area contributed by atoms with Gasteiger partial charge in [0.25, 0.3) is 0 Å². The van der Waals surface area contributed by atoms with Crippen LogP contribution in [0.1, 0.15) is 31.4 Å². The summed E-state index contributed by atoms with van der Waals surface area (Å²) in [6.07, 6.45) is 5.92. The minimum absolute atomic E-state index is 0.0840. The predicted octanol–water partition coefficient (Wildman–Crippen LogP) is 1.38. The molecule has 0 fully saturated rings. The predicted molar refractivity (Wildman–Crippen MR) is 65.0 cm³/mol. The summed E-state index contributed by atoms with van der Waals surface area (Å²) in [6.45, 7) is 2.50. The molecule has 0 saturated heterocycles. The standard InChI is InChI=1S/C12H21N3O/c1-4-5-11(13)10-6-7-15(8-10)9-12(16)14(2)3/h6-8,11H,4-5,9,13H2,1-3H3. The quantitative estimate of drug-likeness (QED) is 0.819. The maximum absolute atomic E-state index is 11.5. The summed E-state index contributed by atoms with van der Waals surface area (Å²) in [5.41, 5.74) is 7.11. The van der Waals surface area contributed by atoms with Gasteiger partial charge in [-0.15, -0.1) is 0 Å². The molecule has 0 bridgehead atoms. The Hall–Kier alpha value is -1.29. The fourth-order valence-corrected chi connectivity index (χ4v) is 1.55. The molecule has 16 heavy (non-hydrogen) atoms. The van der Waals surface area contributed by atoms with Gasteiger partial charge >= 0.3 is 0 Å². The van der Waals surface area contributed by atoms with Crippen molar-refractivity contribution in [3.63, 3.8) is 0 Å². The lowest BCUT2D eigenvalue weighted by atomic mass is 10.1. The van der Waals surface area contributed by atoms with Crippen LogP contribution in [0.15, 0.2) is 18.5 Å². The summed E-state index contributed by atoms with van der Waals surface area (Å²) < 4.78 is 1.88. The van der Waals surface area contributed by atoms with Crippen molar-refractivity contribution in [2.75, 3.05) is 14.1 Å². The number of hydrogen-bond donors (Lipinski definition) is 1. The molecule has 0 saturated carbocycles. The second-order valence-corrected chi connectivity index (χ2v) is 4.30. The highest BCUT2D eigenvalue weighted by atomic mass is 16.2. The van der Waals surface area contributed by atoms with Crippen molar-refractivity contribution in [1.82, 2.24) is 9.47 Å². The van der Waals surface area contributed by atoms with Gasteiger partial charge in [-0.1, -0.05) is 13.3 Å². The van der Waals surface area contributed by atoms with Crippen LogP contribution in [0, 0.1) is 0 Å². The number of hydrogen-bond acceptors (Lipinski definition) is 2. The molecular formula is C12H21N3O. The van der Waals surface area contributed by atoms with Crippen molar-refractivity contribution in [1.29, 1.82) is 0 Å². The van der Waals surface area contributed by atoms with Crippen molar-refractivity contribution in [2.45, 2.75) is 32.4 Å². The Morgan fingerprint density at radius 1 is 1.56 bits per heavy atom. The lowest BCUT2D eigenvalue weighted by Gasteiger charge is -2.11. The molecule has 1 amide bonds. The Morgan fingerprint density at radius 2 is 2.25 bits per heavy atom. The number of carbonyl (C=O) groups is 1. The molecule has 4 nitrogen and oxygen atoms in total. The molecule has 0 radical (unpaired) electrons. The van der Waals surface area contributed by atoms with Gasteiger partial charge in [0.2, 0.25) is 5.91 Å². The van der Waals surface area contributed by atoms with Gasteiger partial charge in [-0.25, -0.2) is 0 Å². The minimum atomic E-state index is 0.0840. The third-order valence-electron chi connectivity index (χ3n) is 2.62. The lowest BCUT2D eigenvalue weighted by Crippen LogP contribution is -2.25. The Morgan fingerprint density at radius 3 is 2.81 bits per heavy atom. The molecule has 1 aromatic rings. The van der Waals surface area contributed by atoms with Gasteiger partial charge < -0.3 is 15.2 Å². The van der Waals surface area contributed by atoms with Crippen LogP contribution in [-0.4, -0.2) is 29.5 Å². The molecule has 2 N–H and O–H groups in total. The normalized spacial score (nSPS) is 12.5. The zero-order valence-corrected chi connectivity index (χ0v) is 10.3. The summed E-state index contributed by atoms with van der Waals surface area (Å²) in [4.78, 5) is 13.1. The van der Waals surface area contributed by atoms with E-state index in [0.29, 0.717) is 6.54 Å². The summed E-state index contributed by atoms with van der Waals surface area (Å²) in [5.74, 6) is 0.0891. The van der Waals surface area contributed by atoms with Crippen LogP contribution in [0.2, 0.25) is 0 Å². The molecule has 0 spiro atoms. The van der Waals surface area contributed by atoms with Gasteiger partial charge in [0, 0.05) is 32.5 Å². The molecule has 0 aliphatic rings. The van der Waals surface area contributed by atoms with E-state index in [2.05, 4.69) is 6.92 Å². The number of carbonyl (C=O) groups excluding carboxylic acids is 1. The SMILES string of the molecule is CCCC(N)c1ccn(CC(=O)N(C)C)c1. The van der Waals surface area contributed by atoms with Crippen molar-refractivity contribution in [3.8, 4) is 0 Å². The van der Waals surface area contributed by atoms with Gasteiger partial charge in [-0.3, -0.25) is 4.79 Å². The second kappa shape index (κ2) is 5.70. The Bertz CT molecular complexity index is 344. The number of nitrogens with two attached hydrogens (primary N) is 1.